The van der Waals surface area contributed by atoms with Crippen molar-refractivity contribution in [2.75, 3.05) is 0 Å². The van der Waals surface area contributed by atoms with E-state index < -0.39 is 4.33 Å². The molecule has 0 fully saturated rings. The largest absolute Gasteiger partial charge is 0.283 e. The molecule has 1 nitrogen and oxygen atoms in total. The zero-order valence-electron chi connectivity index (χ0n) is 12.5. The minimum Gasteiger partial charge on any atom is -0.283 e. The molecule has 112 valence electrons. The van der Waals surface area contributed by atoms with Crippen molar-refractivity contribution in [1.29, 1.82) is 0 Å². The van der Waals surface area contributed by atoms with Crippen LogP contribution in [0.3, 0.4) is 0 Å². The summed E-state index contributed by atoms with van der Waals surface area (Å²) in [5.41, 5.74) is 1.74. The molecule has 0 amide bonds. The number of nitrogens with zero attached hydrogens (tertiary/aromatic N) is 1. The summed E-state index contributed by atoms with van der Waals surface area (Å²) in [5.74, 6) is 0. The van der Waals surface area contributed by atoms with Gasteiger partial charge in [-0.05, 0) is 32.3 Å². The normalized spacial score (nSPS) is 13.9. The minimum atomic E-state index is -0.976. The van der Waals surface area contributed by atoms with Crippen LogP contribution in [0, 0.1) is 0 Å². The molecular formula is C16H22BrCl2N. The van der Waals surface area contributed by atoms with Crippen molar-refractivity contribution in [3.05, 3.63) is 35.9 Å². The Morgan fingerprint density at radius 2 is 1.70 bits per heavy atom. The summed E-state index contributed by atoms with van der Waals surface area (Å²) in [6.45, 7) is 8.28. The van der Waals surface area contributed by atoms with Crippen LogP contribution in [-0.4, -0.2) is 20.4 Å². The molecule has 1 aromatic carbocycles. The van der Waals surface area contributed by atoms with E-state index in [1.807, 2.05) is 44.2 Å². The van der Waals surface area contributed by atoms with Crippen molar-refractivity contribution in [1.82, 2.24) is 0 Å². The third-order valence-corrected chi connectivity index (χ3v) is 3.95. The average molecular weight is 379 g/mol. The fraction of sp³-hybridized carbons (Fsp3) is 0.562. The highest BCUT2D eigenvalue weighted by Gasteiger charge is 2.33. The standard InChI is InChI=1S/C16H22BrCl2N/c1-12(2)20-14(13-8-6-5-7-9-13)16(18,19)11-10-15(3,4)17/h5-9,12H,10-11H2,1-4H3. The van der Waals surface area contributed by atoms with Crippen molar-refractivity contribution in [2.24, 2.45) is 4.99 Å². The predicted octanol–water partition coefficient (Wildman–Crippen LogP) is 6.01. The van der Waals surface area contributed by atoms with Gasteiger partial charge in [0.15, 0.2) is 4.33 Å². The first-order chi connectivity index (χ1) is 9.12. The zero-order chi connectivity index (χ0) is 15.4. The molecule has 0 spiro atoms. The Hall–Kier alpha value is -0.0500. The minimum absolute atomic E-state index is 0.0155. The highest BCUT2D eigenvalue weighted by molar-refractivity contribution is 9.10. The van der Waals surface area contributed by atoms with E-state index in [0.29, 0.717) is 6.42 Å². The molecule has 0 aliphatic carbocycles. The summed E-state index contributed by atoms with van der Waals surface area (Å²) in [4.78, 5) is 4.66. The quantitative estimate of drug-likeness (QED) is 0.424. The van der Waals surface area contributed by atoms with Crippen molar-refractivity contribution >= 4 is 44.8 Å². The molecular weight excluding hydrogens is 357 g/mol. The Labute approximate surface area is 140 Å². The van der Waals surface area contributed by atoms with Crippen molar-refractivity contribution in [2.45, 2.75) is 55.2 Å². The summed E-state index contributed by atoms with van der Waals surface area (Å²) in [6.07, 6.45) is 1.51. The molecule has 0 aliphatic heterocycles. The Balaban J connectivity index is 3.05. The lowest BCUT2D eigenvalue weighted by atomic mass is 9.99. The van der Waals surface area contributed by atoms with Crippen LogP contribution in [0.2, 0.25) is 0 Å². The fourth-order valence-electron chi connectivity index (χ4n) is 1.81. The molecule has 1 rings (SSSR count). The van der Waals surface area contributed by atoms with E-state index in [0.717, 1.165) is 17.7 Å². The summed E-state index contributed by atoms with van der Waals surface area (Å²) < 4.78 is -0.960. The van der Waals surface area contributed by atoms with E-state index >= 15 is 0 Å². The van der Waals surface area contributed by atoms with Gasteiger partial charge in [0, 0.05) is 10.4 Å². The van der Waals surface area contributed by atoms with E-state index in [4.69, 9.17) is 23.2 Å². The SMILES string of the molecule is CC(C)N=C(c1ccccc1)C(Cl)(Cl)CCC(C)(C)Br. The Morgan fingerprint density at radius 1 is 1.15 bits per heavy atom. The van der Waals surface area contributed by atoms with Gasteiger partial charge in [0.1, 0.15) is 0 Å². The summed E-state index contributed by atoms with van der Waals surface area (Å²) >= 11 is 16.8. The lowest BCUT2D eigenvalue weighted by molar-refractivity contribution is 0.612. The van der Waals surface area contributed by atoms with Gasteiger partial charge in [0.2, 0.25) is 0 Å². The van der Waals surface area contributed by atoms with Crippen LogP contribution < -0.4 is 0 Å². The first kappa shape index (κ1) is 18.0. The monoisotopic (exact) mass is 377 g/mol. The van der Waals surface area contributed by atoms with E-state index in [1.165, 1.54) is 0 Å². The zero-order valence-corrected chi connectivity index (χ0v) is 15.6. The lowest BCUT2D eigenvalue weighted by Gasteiger charge is -2.26. The number of aliphatic imine (C=N–C) groups is 1. The predicted molar refractivity (Wildman–Crippen MR) is 94.8 cm³/mol. The van der Waals surface area contributed by atoms with Gasteiger partial charge >= 0.3 is 0 Å². The van der Waals surface area contributed by atoms with Gasteiger partial charge in [0.25, 0.3) is 0 Å². The van der Waals surface area contributed by atoms with Crippen molar-refractivity contribution < 1.29 is 0 Å². The number of rotatable bonds is 6. The average Bonchev–Trinajstić information content (AvgIpc) is 2.34. The van der Waals surface area contributed by atoms with Crippen LogP contribution in [0.4, 0.5) is 0 Å². The van der Waals surface area contributed by atoms with Crippen LogP contribution in [0.15, 0.2) is 35.3 Å². The molecule has 0 N–H and O–H groups in total. The van der Waals surface area contributed by atoms with Gasteiger partial charge in [-0.15, -0.1) is 0 Å². The first-order valence-corrected chi connectivity index (χ1v) is 8.37. The van der Waals surface area contributed by atoms with Crippen LogP contribution in [0.1, 0.15) is 46.1 Å². The van der Waals surface area contributed by atoms with E-state index in [2.05, 4.69) is 34.8 Å². The molecule has 0 radical (unpaired) electrons. The Kier molecular flexibility index (Phi) is 6.56. The smallest absolute Gasteiger partial charge is 0.160 e. The van der Waals surface area contributed by atoms with Crippen molar-refractivity contribution in [3.63, 3.8) is 0 Å². The van der Waals surface area contributed by atoms with Crippen LogP contribution >= 0.6 is 39.1 Å². The van der Waals surface area contributed by atoms with Crippen LogP contribution in [0.5, 0.6) is 0 Å². The molecule has 0 saturated heterocycles. The third-order valence-electron chi connectivity index (χ3n) is 2.81. The second-order valence-corrected chi connectivity index (χ2v) is 9.49. The summed E-state index contributed by atoms with van der Waals surface area (Å²) in [7, 11) is 0. The maximum Gasteiger partial charge on any atom is 0.160 e. The summed E-state index contributed by atoms with van der Waals surface area (Å²) in [5, 5.41) is 0. The molecule has 0 bridgehead atoms. The molecule has 4 heteroatoms. The van der Waals surface area contributed by atoms with E-state index in [1.54, 1.807) is 0 Å². The molecule has 0 heterocycles. The highest BCUT2D eigenvalue weighted by Crippen LogP contribution is 2.36. The van der Waals surface area contributed by atoms with E-state index in [9.17, 15) is 0 Å². The van der Waals surface area contributed by atoms with Gasteiger partial charge in [-0.25, -0.2) is 0 Å². The molecule has 0 aliphatic rings. The summed E-state index contributed by atoms with van der Waals surface area (Å²) in [6, 6.07) is 10.1. The number of hydrogen-bond acceptors (Lipinski definition) is 1. The number of halogens is 3. The maximum absolute atomic E-state index is 6.60. The first-order valence-electron chi connectivity index (χ1n) is 6.82. The van der Waals surface area contributed by atoms with Gasteiger partial charge in [-0.3, -0.25) is 4.99 Å². The third kappa shape index (κ3) is 6.15. The van der Waals surface area contributed by atoms with Gasteiger partial charge in [0.05, 0.1) is 5.71 Å². The molecule has 0 unspecified atom stereocenters. The van der Waals surface area contributed by atoms with Crippen LogP contribution in [-0.2, 0) is 0 Å². The highest BCUT2D eigenvalue weighted by atomic mass is 79.9. The number of benzene rings is 1. The Morgan fingerprint density at radius 3 is 2.15 bits per heavy atom. The second-order valence-electron chi connectivity index (χ2n) is 5.86. The van der Waals surface area contributed by atoms with Gasteiger partial charge < -0.3 is 0 Å². The van der Waals surface area contributed by atoms with Gasteiger partial charge in [-0.2, -0.15) is 0 Å². The van der Waals surface area contributed by atoms with E-state index in [-0.39, 0.29) is 10.4 Å². The number of alkyl halides is 3. The molecule has 1 aromatic rings. The molecule has 20 heavy (non-hydrogen) atoms. The van der Waals surface area contributed by atoms with Gasteiger partial charge in [-0.1, -0.05) is 83.3 Å². The molecule has 0 atom stereocenters. The van der Waals surface area contributed by atoms with Crippen molar-refractivity contribution in [3.8, 4) is 0 Å². The number of hydrogen-bond donors (Lipinski definition) is 0. The molecule has 0 saturated carbocycles. The maximum atomic E-state index is 6.60. The Bertz CT molecular complexity index is 447. The van der Waals surface area contributed by atoms with Crippen LogP contribution in [0.25, 0.3) is 0 Å². The molecule has 0 aromatic heterocycles. The lowest BCUT2D eigenvalue weighted by Crippen LogP contribution is -2.30. The fourth-order valence-corrected chi connectivity index (χ4v) is 2.51. The second kappa shape index (κ2) is 7.29. The topological polar surface area (TPSA) is 12.4 Å².